The van der Waals surface area contributed by atoms with Gasteiger partial charge in [0.1, 0.15) is 77.9 Å². The fourth-order valence-electron chi connectivity index (χ4n) is 5.91. The van der Waals surface area contributed by atoms with Gasteiger partial charge in [-0.25, -0.2) is 0 Å². The molecule has 3 aliphatic rings. The Morgan fingerprint density at radius 3 is 1.94 bits per heavy atom. The first-order valence-electron chi connectivity index (χ1n) is 15.5. The first-order valence-corrected chi connectivity index (χ1v) is 15.5. The van der Waals surface area contributed by atoms with Crippen molar-refractivity contribution in [3.05, 3.63) is 58.7 Å². The number of hydrogen-bond acceptors (Lipinski definition) is 14. The van der Waals surface area contributed by atoms with Gasteiger partial charge in [0.2, 0.25) is 12.6 Å². The summed E-state index contributed by atoms with van der Waals surface area (Å²) in [5, 5.41) is 81.6. The summed E-state index contributed by atoms with van der Waals surface area (Å²) in [4.78, 5) is 0. The van der Waals surface area contributed by atoms with Gasteiger partial charge in [-0.1, -0.05) is 17.7 Å². The smallest absolute Gasteiger partial charge is 0.229 e. The van der Waals surface area contributed by atoms with Crippen molar-refractivity contribution in [2.24, 2.45) is 0 Å². The average molecular weight is 665 g/mol. The number of aliphatic hydroxyl groups excluding tert-OH is 8. The van der Waals surface area contributed by atoms with Gasteiger partial charge >= 0.3 is 0 Å². The Morgan fingerprint density at radius 1 is 0.787 bits per heavy atom. The quantitative estimate of drug-likeness (QED) is 0.152. The van der Waals surface area contributed by atoms with E-state index in [4.69, 9.17) is 28.4 Å². The lowest BCUT2D eigenvalue weighted by atomic mass is 9.93. The normalized spacial score (nSPS) is 33.7. The molecular formula is C33H44O14. The van der Waals surface area contributed by atoms with Crippen LogP contribution in [0.3, 0.4) is 0 Å². The van der Waals surface area contributed by atoms with E-state index in [1.807, 2.05) is 26.0 Å². The van der Waals surface area contributed by atoms with Crippen LogP contribution in [-0.2, 0) is 22.3 Å². The molecule has 14 heteroatoms. The van der Waals surface area contributed by atoms with Gasteiger partial charge in [-0.3, -0.25) is 0 Å². The van der Waals surface area contributed by atoms with Crippen LogP contribution < -0.4 is 18.9 Å². The third kappa shape index (κ3) is 7.37. The lowest BCUT2D eigenvalue weighted by Gasteiger charge is -2.40. The molecule has 0 aromatic heterocycles. The molecule has 2 fully saturated rings. The van der Waals surface area contributed by atoms with Gasteiger partial charge < -0.3 is 69.3 Å². The van der Waals surface area contributed by atoms with Crippen LogP contribution in [-0.4, -0.2) is 123 Å². The molecular weight excluding hydrogens is 620 g/mol. The zero-order valence-corrected chi connectivity index (χ0v) is 26.4. The summed E-state index contributed by atoms with van der Waals surface area (Å²) in [6.07, 6.45) is -11.8. The summed E-state index contributed by atoms with van der Waals surface area (Å²) in [7, 11) is 1.48. The highest BCUT2D eigenvalue weighted by atomic mass is 16.7. The lowest BCUT2D eigenvalue weighted by molar-refractivity contribution is -0.277. The van der Waals surface area contributed by atoms with Crippen molar-refractivity contribution in [3.8, 4) is 23.0 Å². The Hall–Kier alpha value is -3.02. The molecule has 2 saturated heterocycles. The zero-order valence-electron chi connectivity index (χ0n) is 26.4. The molecule has 5 rings (SSSR count). The average Bonchev–Trinajstić information content (AvgIpc) is 3.07. The zero-order chi connectivity index (χ0) is 34.0. The number of ether oxygens (including phenoxy) is 6. The van der Waals surface area contributed by atoms with E-state index in [1.54, 1.807) is 24.3 Å². The minimum Gasteiger partial charge on any atom is -0.497 e. The van der Waals surface area contributed by atoms with E-state index in [0.717, 1.165) is 11.1 Å². The second kappa shape index (κ2) is 15.0. The molecule has 0 radical (unpaired) electrons. The third-order valence-corrected chi connectivity index (χ3v) is 8.70. The van der Waals surface area contributed by atoms with Crippen LogP contribution in [0.1, 0.15) is 43.1 Å². The predicted molar refractivity (Wildman–Crippen MR) is 163 cm³/mol. The van der Waals surface area contributed by atoms with Crippen molar-refractivity contribution in [2.45, 2.75) is 101 Å². The molecule has 260 valence electrons. The molecule has 0 unspecified atom stereocenters. The number of rotatable bonds is 10. The second-order valence-corrected chi connectivity index (χ2v) is 12.2. The van der Waals surface area contributed by atoms with E-state index in [1.165, 1.54) is 7.11 Å². The molecule has 11 atom stereocenters. The summed E-state index contributed by atoms with van der Waals surface area (Å²) >= 11 is 0. The molecule has 14 nitrogen and oxygen atoms in total. The number of hydrogen-bond donors (Lipinski definition) is 8. The summed E-state index contributed by atoms with van der Waals surface area (Å²) < 4.78 is 35.4. The van der Waals surface area contributed by atoms with E-state index in [9.17, 15) is 40.9 Å². The number of benzene rings is 2. The van der Waals surface area contributed by atoms with Crippen molar-refractivity contribution >= 4 is 0 Å². The summed E-state index contributed by atoms with van der Waals surface area (Å²) in [5.74, 6) is 1.49. The fourth-order valence-corrected chi connectivity index (χ4v) is 5.91. The summed E-state index contributed by atoms with van der Waals surface area (Å²) in [6, 6.07) is 8.60. The van der Waals surface area contributed by atoms with E-state index >= 15 is 0 Å². The Morgan fingerprint density at radius 2 is 1.38 bits per heavy atom. The highest BCUT2D eigenvalue weighted by Crippen LogP contribution is 2.45. The first kappa shape index (κ1) is 35.3. The molecule has 2 aromatic carbocycles. The molecule has 0 saturated carbocycles. The first-order chi connectivity index (χ1) is 22.5. The third-order valence-electron chi connectivity index (χ3n) is 8.70. The van der Waals surface area contributed by atoms with Gasteiger partial charge in [0, 0.05) is 17.2 Å². The van der Waals surface area contributed by atoms with E-state index < -0.39 is 80.7 Å². The van der Waals surface area contributed by atoms with Crippen LogP contribution in [0.5, 0.6) is 23.0 Å². The number of allylic oxidation sites excluding steroid dienone is 2. The van der Waals surface area contributed by atoms with Gasteiger partial charge in [-0.15, -0.1) is 0 Å². The molecule has 3 heterocycles. The molecule has 0 amide bonds. The van der Waals surface area contributed by atoms with Gasteiger partial charge in [-0.2, -0.15) is 0 Å². The van der Waals surface area contributed by atoms with Crippen molar-refractivity contribution in [1.82, 2.24) is 0 Å². The van der Waals surface area contributed by atoms with Gasteiger partial charge in [0.05, 0.1) is 20.3 Å². The highest BCUT2D eigenvalue weighted by molar-refractivity contribution is 5.53. The molecule has 47 heavy (non-hydrogen) atoms. The minimum absolute atomic E-state index is 0.224. The lowest BCUT2D eigenvalue weighted by Crippen LogP contribution is -2.60. The summed E-state index contributed by atoms with van der Waals surface area (Å²) in [6.45, 7) is 2.68. The fraction of sp³-hybridized carbons (Fsp3) is 0.576. The van der Waals surface area contributed by atoms with Crippen LogP contribution in [0.25, 0.3) is 0 Å². The van der Waals surface area contributed by atoms with Crippen LogP contribution in [0.4, 0.5) is 0 Å². The maximum absolute atomic E-state index is 10.6. The molecule has 0 bridgehead atoms. The monoisotopic (exact) mass is 664 g/mol. The van der Waals surface area contributed by atoms with Crippen molar-refractivity contribution in [2.75, 3.05) is 20.3 Å². The molecule has 2 aromatic rings. The highest BCUT2D eigenvalue weighted by Gasteiger charge is 2.46. The van der Waals surface area contributed by atoms with Gasteiger partial charge in [0.15, 0.2) is 0 Å². The van der Waals surface area contributed by atoms with Crippen LogP contribution in [0.2, 0.25) is 0 Å². The largest absolute Gasteiger partial charge is 0.497 e. The summed E-state index contributed by atoms with van der Waals surface area (Å²) in [5.41, 5.74) is 3.13. The van der Waals surface area contributed by atoms with Crippen molar-refractivity contribution in [1.29, 1.82) is 0 Å². The maximum Gasteiger partial charge on any atom is 0.229 e. The van der Waals surface area contributed by atoms with E-state index in [0.29, 0.717) is 47.6 Å². The molecule has 0 spiro atoms. The number of aliphatic hydroxyl groups is 8. The minimum atomic E-state index is -1.63. The molecule has 0 aliphatic carbocycles. The Balaban J connectivity index is 1.47. The Labute approximate surface area is 271 Å². The topological polar surface area (TPSA) is 217 Å². The van der Waals surface area contributed by atoms with Crippen LogP contribution >= 0.6 is 0 Å². The number of fused-ring (bicyclic) bond motifs is 1. The number of methoxy groups -OCH3 is 1. The van der Waals surface area contributed by atoms with Gasteiger partial charge in [0.25, 0.3) is 0 Å². The second-order valence-electron chi connectivity index (χ2n) is 12.2. The van der Waals surface area contributed by atoms with E-state index in [2.05, 4.69) is 0 Å². The van der Waals surface area contributed by atoms with Crippen LogP contribution in [0.15, 0.2) is 42.0 Å². The van der Waals surface area contributed by atoms with Gasteiger partial charge in [-0.05, 0) is 56.9 Å². The van der Waals surface area contributed by atoms with Crippen molar-refractivity contribution < 1.29 is 69.3 Å². The molecule has 8 N–H and O–H groups in total. The SMILES string of the molecule is COc1ccc([C@H]2CCc3ccc(O[C@@H]4O[C@H](CO)[C@@H](O)[C@H](O)[C@H]4O)c(CC=C(C)C)c3O2)c(O[C@@H]2O[C@H](CO)[C@@H](O)[C@H](O)[C@H]2O)c1. The maximum atomic E-state index is 10.6. The Kier molecular flexibility index (Phi) is 11.3. The van der Waals surface area contributed by atoms with Crippen LogP contribution in [0, 0.1) is 0 Å². The van der Waals surface area contributed by atoms with Crippen molar-refractivity contribution in [3.63, 3.8) is 0 Å². The molecule has 3 aliphatic heterocycles. The standard InChI is InChI=1S/C33H44O14/c1-15(2)4-8-19-21(44-32-29(40)27(38)25(36)23(13-34)46-32)11-6-16-5-10-20(43-31(16)19)18-9-7-17(42-3)12-22(18)45-33-30(41)28(39)26(37)24(14-35)47-33/h4,6-7,9,11-12,20,23-30,32-41H,5,8,10,13-14H2,1-3H3/t20-,23-,24-,25-,26-,27+,28+,29-,30-,32-,33-/m1/s1. The Bertz CT molecular complexity index is 1390. The number of aryl methyl sites for hydroxylation is 1. The predicted octanol–water partition coefficient (Wildman–Crippen LogP) is -0.372. The van der Waals surface area contributed by atoms with E-state index in [-0.39, 0.29) is 5.75 Å².